The first-order valence-electron chi connectivity index (χ1n) is 8.82. The summed E-state index contributed by atoms with van der Waals surface area (Å²) in [6, 6.07) is 4.58. The van der Waals surface area contributed by atoms with Gasteiger partial charge in [0.1, 0.15) is 18.0 Å². The Labute approximate surface area is 143 Å². The van der Waals surface area contributed by atoms with Crippen LogP contribution in [0.4, 0.5) is 5.82 Å². The molecule has 4 rings (SSSR count). The fourth-order valence-electron chi connectivity index (χ4n) is 3.41. The van der Waals surface area contributed by atoms with E-state index in [0.29, 0.717) is 12.0 Å². The molecule has 1 saturated carbocycles. The topological polar surface area (TPSA) is 58.0 Å². The molecule has 2 fully saturated rings. The fraction of sp³-hybridized carbons (Fsp3) is 0.556. The molecule has 0 atom stereocenters. The second kappa shape index (κ2) is 6.81. The molecule has 126 valence electrons. The lowest BCUT2D eigenvalue weighted by atomic mass is 10.0. The Morgan fingerprint density at radius 2 is 1.92 bits per heavy atom. The number of likely N-dealkylation sites (tertiary alicyclic amines) is 1. The highest BCUT2D eigenvalue weighted by atomic mass is 15.2. The lowest BCUT2D eigenvalue weighted by Gasteiger charge is -2.37. The molecule has 6 nitrogen and oxygen atoms in total. The Morgan fingerprint density at radius 3 is 2.62 bits per heavy atom. The van der Waals surface area contributed by atoms with Crippen LogP contribution in [0.15, 0.2) is 30.9 Å². The first-order chi connectivity index (χ1) is 11.8. The molecular formula is C18H24N6. The van der Waals surface area contributed by atoms with Gasteiger partial charge < -0.3 is 4.90 Å². The van der Waals surface area contributed by atoms with Crippen molar-refractivity contribution in [3.63, 3.8) is 0 Å². The zero-order valence-electron chi connectivity index (χ0n) is 14.2. The molecular weight excluding hydrogens is 300 g/mol. The van der Waals surface area contributed by atoms with Crippen LogP contribution in [0.5, 0.6) is 0 Å². The molecule has 0 radical (unpaired) electrons. The van der Waals surface area contributed by atoms with Crippen molar-refractivity contribution in [2.45, 2.75) is 44.2 Å². The van der Waals surface area contributed by atoms with Crippen LogP contribution in [0.2, 0.25) is 0 Å². The van der Waals surface area contributed by atoms with Crippen LogP contribution in [-0.2, 0) is 6.54 Å². The van der Waals surface area contributed by atoms with E-state index in [1.165, 1.54) is 12.8 Å². The molecule has 0 aromatic carbocycles. The maximum atomic E-state index is 4.75. The first kappa shape index (κ1) is 15.4. The Bertz CT molecular complexity index is 664. The van der Waals surface area contributed by atoms with Crippen molar-refractivity contribution in [3.8, 4) is 0 Å². The van der Waals surface area contributed by atoms with Gasteiger partial charge in [-0.2, -0.15) is 0 Å². The number of hydrogen-bond acceptors (Lipinski definition) is 6. The number of nitrogens with zero attached hydrogens (tertiary/aromatic N) is 6. The minimum absolute atomic E-state index is 0.545. The third-order valence-corrected chi connectivity index (χ3v) is 5.09. The highest BCUT2D eigenvalue weighted by Gasteiger charge is 2.27. The minimum Gasteiger partial charge on any atom is -0.356 e. The van der Waals surface area contributed by atoms with Crippen molar-refractivity contribution in [1.29, 1.82) is 0 Å². The summed E-state index contributed by atoms with van der Waals surface area (Å²) in [6.07, 6.45) is 10.2. The quantitative estimate of drug-likeness (QED) is 0.841. The number of hydrogen-bond donors (Lipinski definition) is 0. The summed E-state index contributed by atoms with van der Waals surface area (Å²) in [5.41, 5.74) is 1.16. The molecule has 0 bridgehead atoms. The van der Waals surface area contributed by atoms with Gasteiger partial charge in [-0.3, -0.25) is 4.90 Å². The standard InChI is InChI=1S/C18H24N6/c1-23(17-5-8-19-13-21-17)16-6-10-24(11-7-16)12-15-4-9-20-18(22-15)14-2-3-14/h4-5,8-9,13-14,16H,2-3,6-7,10-12H2,1H3. The molecule has 1 aliphatic heterocycles. The van der Waals surface area contributed by atoms with E-state index < -0.39 is 0 Å². The fourth-order valence-corrected chi connectivity index (χ4v) is 3.41. The molecule has 1 saturated heterocycles. The molecule has 2 aromatic rings. The van der Waals surface area contributed by atoms with Crippen LogP contribution >= 0.6 is 0 Å². The predicted octanol–water partition coefficient (Wildman–Crippen LogP) is 2.24. The van der Waals surface area contributed by atoms with E-state index in [9.17, 15) is 0 Å². The summed E-state index contributed by atoms with van der Waals surface area (Å²) in [6.45, 7) is 3.14. The molecule has 0 spiro atoms. The van der Waals surface area contributed by atoms with E-state index in [-0.39, 0.29) is 0 Å². The van der Waals surface area contributed by atoms with Crippen LogP contribution in [0.3, 0.4) is 0 Å². The monoisotopic (exact) mass is 324 g/mol. The average molecular weight is 324 g/mol. The summed E-state index contributed by atoms with van der Waals surface area (Å²) in [5, 5.41) is 0. The van der Waals surface area contributed by atoms with E-state index in [4.69, 9.17) is 4.98 Å². The highest BCUT2D eigenvalue weighted by molar-refractivity contribution is 5.36. The number of rotatable bonds is 5. The summed E-state index contributed by atoms with van der Waals surface area (Å²) in [4.78, 5) is 22.3. The van der Waals surface area contributed by atoms with E-state index in [1.54, 1.807) is 12.5 Å². The maximum Gasteiger partial charge on any atom is 0.131 e. The van der Waals surface area contributed by atoms with Crippen molar-refractivity contribution in [1.82, 2.24) is 24.8 Å². The summed E-state index contributed by atoms with van der Waals surface area (Å²) >= 11 is 0. The second-order valence-corrected chi connectivity index (χ2v) is 6.87. The lowest BCUT2D eigenvalue weighted by molar-refractivity contribution is 0.201. The van der Waals surface area contributed by atoms with Gasteiger partial charge in [0.15, 0.2) is 0 Å². The van der Waals surface area contributed by atoms with E-state index in [0.717, 1.165) is 49.8 Å². The van der Waals surface area contributed by atoms with Crippen molar-refractivity contribution in [2.75, 3.05) is 25.0 Å². The molecule has 3 heterocycles. The zero-order chi connectivity index (χ0) is 16.4. The predicted molar refractivity (Wildman–Crippen MR) is 92.7 cm³/mol. The highest BCUT2D eigenvalue weighted by Crippen LogP contribution is 2.37. The average Bonchev–Trinajstić information content (AvgIpc) is 3.48. The molecule has 1 aliphatic carbocycles. The van der Waals surface area contributed by atoms with Gasteiger partial charge in [0.25, 0.3) is 0 Å². The number of piperidine rings is 1. The molecule has 0 unspecified atom stereocenters. The minimum atomic E-state index is 0.545. The van der Waals surface area contributed by atoms with Crippen molar-refractivity contribution in [3.05, 3.63) is 42.4 Å². The third kappa shape index (κ3) is 3.53. The van der Waals surface area contributed by atoms with Gasteiger partial charge in [-0.15, -0.1) is 0 Å². The van der Waals surface area contributed by atoms with Crippen LogP contribution in [0.1, 0.15) is 43.1 Å². The van der Waals surface area contributed by atoms with Crippen LogP contribution in [0, 0.1) is 0 Å². The number of aromatic nitrogens is 4. The van der Waals surface area contributed by atoms with E-state index in [1.807, 2.05) is 12.3 Å². The first-order valence-corrected chi connectivity index (χ1v) is 8.82. The Hall–Kier alpha value is -2.08. The SMILES string of the molecule is CN(c1ccncn1)C1CCN(Cc2ccnc(C3CC3)n2)CC1. The van der Waals surface area contributed by atoms with Crippen molar-refractivity contribution in [2.24, 2.45) is 0 Å². The lowest BCUT2D eigenvalue weighted by Crippen LogP contribution is -2.43. The van der Waals surface area contributed by atoms with Gasteiger partial charge in [0.2, 0.25) is 0 Å². The normalized spacial score (nSPS) is 19.4. The van der Waals surface area contributed by atoms with Gasteiger partial charge in [-0.25, -0.2) is 19.9 Å². The van der Waals surface area contributed by atoms with Gasteiger partial charge in [-0.1, -0.05) is 0 Å². The Kier molecular flexibility index (Phi) is 4.38. The summed E-state index contributed by atoms with van der Waals surface area (Å²) in [5.74, 6) is 2.68. The van der Waals surface area contributed by atoms with Crippen molar-refractivity contribution < 1.29 is 0 Å². The third-order valence-electron chi connectivity index (χ3n) is 5.09. The Balaban J connectivity index is 1.32. The Morgan fingerprint density at radius 1 is 1.08 bits per heavy atom. The van der Waals surface area contributed by atoms with E-state index >= 15 is 0 Å². The second-order valence-electron chi connectivity index (χ2n) is 6.87. The van der Waals surface area contributed by atoms with E-state index in [2.05, 4.69) is 37.9 Å². The maximum absolute atomic E-state index is 4.75. The largest absolute Gasteiger partial charge is 0.356 e. The number of anilines is 1. The summed E-state index contributed by atoms with van der Waals surface area (Å²) < 4.78 is 0. The van der Waals surface area contributed by atoms with Gasteiger partial charge in [0, 0.05) is 51.0 Å². The van der Waals surface area contributed by atoms with Crippen LogP contribution in [-0.4, -0.2) is 51.0 Å². The molecule has 0 N–H and O–H groups in total. The molecule has 2 aromatic heterocycles. The smallest absolute Gasteiger partial charge is 0.131 e. The molecule has 24 heavy (non-hydrogen) atoms. The molecule has 6 heteroatoms. The molecule has 2 aliphatic rings. The van der Waals surface area contributed by atoms with Crippen LogP contribution < -0.4 is 4.90 Å². The van der Waals surface area contributed by atoms with Crippen molar-refractivity contribution >= 4 is 5.82 Å². The zero-order valence-corrected chi connectivity index (χ0v) is 14.2. The van der Waals surface area contributed by atoms with Crippen LogP contribution in [0.25, 0.3) is 0 Å². The molecule has 0 amide bonds. The van der Waals surface area contributed by atoms with Gasteiger partial charge >= 0.3 is 0 Å². The van der Waals surface area contributed by atoms with Gasteiger partial charge in [0.05, 0.1) is 5.69 Å². The summed E-state index contributed by atoms with van der Waals surface area (Å²) in [7, 11) is 2.13. The van der Waals surface area contributed by atoms with Gasteiger partial charge in [-0.05, 0) is 37.8 Å².